The minimum absolute atomic E-state index is 0.141. The first-order valence-corrected chi connectivity index (χ1v) is 4.06. The molecule has 1 rings (SSSR count). The van der Waals surface area contributed by atoms with Crippen molar-refractivity contribution in [2.45, 2.75) is 6.61 Å². The number of rotatable bonds is 2. The van der Waals surface area contributed by atoms with Crippen LogP contribution >= 0.6 is 0 Å². The standard InChI is InChI=1S/C10H8FNO3/c1-15-10(14)7-3-2-6(5-13)8(4-12)9(7)11/h2-3,13H,5H2,1H3. The van der Waals surface area contributed by atoms with Gasteiger partial charge in [0.1, 0.15) is 6.07 Å². The number of esters is 1. The highest BCUT2D eigenvalue weighted by atomic mass is 19.1. The molecule has 78 valence electrons. The summed E-state index contributed by atoms with van der Waals surface area (Å²) in [6.07, 6.45) is 0. The van der Waals surface area contributed by atoms with Gasteiger partial charge in [0.2, 0.25) is 0 Å². The first kappa shape index (κ1) is 11.1. The monoisotopic (exact) mass is 209 g/mol. The van der Waals surface area contributed by atoms with Crippen molar-refractivity contribution in [1.82, 2.24) is 0 Å². The Morgan fingerprint density at radius 1 is 1.67 bits per heavy atom. The molecule has 0 unspecified atom stereocenters. The molecular formula is C10H8FNO3. The lowest BCUT2D eigenvalue weighted by Crippen LogP contribution is -2.07. The van der Waals surface area contributed by atoms with E-state index in [1.54, 1.807) is 6.07 Å². The third kappa shape index (κ3) is 1.95. The van der Waals surface area contributed by atoms with E-state index in [9.17, 15) is 9.18 Å². The van der Waals surface area contributed by atoms with Crippen molar-refractivity contribution in [3.63, 3.8) is 0 Å². The third-order valence-corrected chi connectivity index (χ3v) is 1.92. The summed E-state index contributed by atoms with van der Waals surface area (Å²) in [6.45, 7) is -0.457. The molecule has 0 bridgehead atoms. The molecule has 0 saturated heterocycles. The van der Waals surface area contributed by atoms with E-state index in [2.05, 4.69) is 4.74 Å². The molecule has 0 aliphatic rings. The fourth-order valence-electron chi connectivity index (χ4n) is 1.14. The van der Waals surface area contributed by atoms with Crippen molar-refractivity contribution < 1.29 is 19.0 Å². The normalized spacial score (nSPS) is 9.47. The maximum atomic E-state index is 13.5. The lowest BCUT2D eigenvalue weighted by molar-refractivity contribution is 0.0595. The summed E-state index contributed by atoms with van der Waals surface area (Å²) in [7, 11) is 1.12. The molecule has 0 aliphatic heterocycles. The average molecular weight is 209 g/mol. The zero-order valence-electron chi connectivity index (χ0n) is 7.95. The highest BCUT2D eigenvalue weighted by molar-refractivity contribution is 5.90. The molecule has 0 radical (unpaired) electrons. The Labute approximate surface area is 85.5 Å². The predicted octanol–water partition coefficient (Wildman–Crippen LogP) is 0.976. The number of aliphatic hydroxyl groups excluding tert-OH is 1. The SMILES string of the molecule is COC(=O)c1ccc(CO)c(C#N)c1F. The summed E-state index contributed by atoms with van der Waals surface area (Å²) in [6, 6.07) is 4.08. The zero-order valence-corrected chi connectivity index (χ0v) is 7.95. The second-order valence-corrected chi connectivity index (χ2v) is 2.72. The van der Waals surface area contributed by atoms with Gasteiger partial charge >= 0.3 is 5.97 Å². The number of ether oxygens (including phenoxy) is 1. The highest BCUT2D eigenvalue weighted by Gasteiger charge is 2.18. The number of aliphatic hydroxyl groups is 1. The Hall–Kier alpha value is -1.93. The van der Waals surface area contributed by atoms with E-state index in [0.717, 1.165) is 7.11 Å². The van der Waals surface area contributed by atoms with Crippen molar-refractivity contribution >= 4 is 5.97 Å². The Morgan fingerprint density at radius 3 is 2.80 bits per heavy atom. The van der Waals surface area contributed by atoms with Gasteiger partial charge in [-0.15, -0.1) is 0 Å². The van der Waals surface area contributed by atoms with E-state index < -0.39 is 18.4 Å². The van der Waals surface area contributed by atoms with E-state index in [-0.39, 0.29) is 16.7 Å². The van der Waals surface area contributed by atoms with E-state index in [4.69, 9.17) is 10.4 Å². The molecule has 5 heteroatoms. The van der Waals surface area contributed by atoms with Crippen LogP contribution in [0.4, 0.5) is 4.39 Å². The van der Waals surface area contributed by atoms with Gasteiger partial charge in [-0.2, -0.15) is 5.26 Å². The molecule has 0 aliphatic carbocycles. The molecule has 0 spiro atoms. The Bertz CT molecular complexity index is 437. The van der Waals surface area contributed by atoms with Gasteiger partial charge in [-0.3, -0.25) is 0 Å². The molecule has 1 aromatic carbocycles. The topological polar surface area (TPSA) is 70.3 Å². The van der Waals surface area contributed by atoms with Crippen LogP contribution in [0.5, 0.6) is 0 Å². The van der Waals surface area contributed by atoms with E-state index in [1.807, 2.05) is 0 Å². The van der Waals surface area contributed by atoms with E-state index in [1.165, 1.54) is 12.1 Å². The number of halogens is 1. The Morgan fingerprint density at radius 2 is 2.33 bits per heavy atom. The molecule has 0 amide bonds. The van der Waals surface area contributed by atoms with Gasteiger partial charge in [-0.1, -0.05) is 6.07 Å². The molecule has 0 heterocycles. The first-order valence-electron chi connectivity index (χ1n) is 4.06. The Balaban J connectivity index is 3.37. The molecule has 0 saturated carbocycles. The number of nitriles is 1. The largest absolute Gasteiger partial charge is 0.465 e. The van der Waals surface area contributed by atoms with Crippen LogP contribution < -0.4 is 0 Å². The lowest BCUT2D eigenvalue weighted by Gasteiger charge is -2.05. The number of methoxy groups -OCH3 is 1. The van der Waals surface area contributed by atoms with E-state index >= 15 is 0 Å². The van der Waals surface area contributed by atoms with Crippen LogP contribution in [0.15, 0.2) is 12.1 Å². The minimum atomic E-state index is -0.962. The van der Waals surface area contributed by atoms with Gasteiger partial charge < -0.3 is 9.84 Å². The predicted molar refractivity (Wildman–Crippen MR) is 48.4 cm³/mol. The number of carbonyl (C=O) groups excluding carboxylic acids is 1. The summed E-state index contributed by atoms with van der Waals surface area (Å²) in [5.41, 5.74) is -0.505. The van der Waals surface area contributed by atoms with Crippen LogP contribution in [-0.4, -0.2) is 18.2 Å². The maximum absolute atomic E-state index is 13.5. The van der Waals surface area contributed by atoms with Gasteiger partial charge in [-0.25, -0.2) is 9.18 Å². The van der Waals surface area contributed by atoms with Crippen LogP contribution in [0, 0.1) is 17.1 Å². The van der Waals surface area contributed by atoms with Crippen LogP contribution in [0.1, 0.15) is 21.5 Å². The van der Waals surface area contributed by atoms with Gasteiger partial charge in [-0.05, 0) is 11.6 Å². The molecule has 0 atom stereocenters. The zero-order chi connectivity index (χ0) is 11.4. The van der Waals surface area contributed by atoms with Crippen LogP contribution in [-0.2, 0) is 11.3 Å². The molecule has 1 aromatic rings. The molecule has 0 aromatic heterocycles. The fourth-order valence-corrected chi connectivity index (χ4v) is 1.14. The lowest BCUT2D eigenvalue weighted by atomic mass is 10.0. The van der Waals surface area contributed by atoms with Crippen LogP contribution in [0.25, 0.3) is 0 Å². The molecule has 1 N–H and O–H groups in total. The smallest absolute Gasteiger partial charge is 0.340 e. The van der Waals surface area contributed by atoms with E-state index in [0.29, 0.717) is 0 Å². The summed E-state index contributed by atoms with van der Waals surface area (Å²) in [5, 5.41) is 17.5. The Kier molecular flexibility index (Phi) is 3.37. The van der Waals surface area contributed by atoms with Gasteiger partial charge in [0, 0.05) is 0 Å². The molecule has 15 heavy (non-hydrogen) atoms. The average Bonchev–Trinajstić information content (AvgIpc) is 2.27. The maximum Gasteiger partial charge on any atom is 0.340 e. The minimum Gasteiger partial charge on any atom is -0.465 e. The first-order chi connectivity index (χ1) is 7.15. The number of carbonyl (C=O) groups is 1. The summed E-state index contributed by atoms with van der Waals surface area (Å²) in [4.78, 5) is 11.1. The summed E-state index contributed by atoms with van der Waals surface area (Å²) in [5.74, 6) is -1.82. The van der Waals surface area contributed by atoms with Crippen LogP contribution in [0.2, 0.25) is 0 Å². The molecule has 0 fully saturated rings. The van der Waals surface area contributed by atoms with Crippen molar-refractivity contribution in [3.8, 4) is 6.07 Å². The van der Waals surface area contributed by atoms with Crippen LogP contribution in [0.3, 0.4) is 0 Å². The third-order valence-electron chi connectivity index (χ3n) is 1.92. The fraction of sp³-hybridized carbons (Fsp3) is 0.200. The number of benzene rings is 1. The number of nitrogens with zero attached hydrogens (tertiary/aromatic N) is 1. The number of hydrogen-bond acceptors (Lipinski definition) is 4. The quantitative estimate of drug-likeness (QED) is 0.737. The van der Waals surface area contributed by atoms with Gasteiger partial charge in [0.05, 0.1) is 24.8 Å². The summed E-state index contributed by atoms with van der Waals surface area (Å²) >= 11 is 0. The van der Waals surface area contributed by atoms with Gasteiger partial charge in [0.15, 0.2) is 5.82 Å². The second-order valence-electron chi connectivity index (χ2n) is 2.72. The van der Waals surface area contributed by atoms with Crippen molar-refractivity contribution in [2.75, 3.05) is 7.11 Å². The van der Waals surface area contributed by atoms with Gasteiger partial charge in [0.25, 0.3) is 0 Å². The van der Waals surface area contributed by atoms with Crippen molar-refractivity contribution in [2.24, 2.45) is 0 Å². The number of hydrogen-bond donors (Lipinski definition) is 1. The van der Waals surface area contributed by atoms with Crippen molar-refractivity contribution in [1.29, 1.82) is 5.26 Å². The highest BCUT2D eigenvalue weighted by Crippen LogP contribution is 2.18. The van der Waals surface area contributed by atoms with Crippen molar-refractivity contribution in [3.05, 3.63) is 34.6 Å². The molecule has 4 nitrogen and oxygen atoms in total. The molecular weight excluding hydrogens is 201 g/mol. The summed E-state index contributed by atoms with van der Waals surface area (Å²) < 4.78 is 17.9. The second kappa shape index (κ2) is 4.53.